The zero-order chi connectivity index (χ0) is 14.0. The number of halogens is 1. The van der Waals surface area contributed by atoms with Crippen LogP contribution in [0.2, 0.25) is 0 Å². The molecule has 1 saturated heterocycles. The molecule has 2 rings (SSSR count). The third-order valence-corrected chi connectivity index (χ3v) is 3.66. The molecule has 1 atom stereocenters. The molecule has 0 aliphatic carbocycles. The normalized spacial score (nSPS) is 19.3. The number of amides is 1. The first-order chi connectivity index (χ1) is 9.00. The molecule has 1 heterocycles. The first kappa shape index (κ1) is 13.8. The highest BCUT2D eigenvalue weighted by atomic mass is 35.5. The Labute approximate surface area is 116 Å². The van der Waals surface area contributed by atoms with E-state index >= 15 is 0 Å². The smallest absolute Gasteiger partial charge is 0.285 e. The zero-order valence-corrected chi connectivity index (χ0v) is 11.4. The van der Waals surface area contributed by atoms with Crippen LogP contribution in [-0.2, 0) is 0 Å². The Bertz CT molecular complexity index is 519. The Morgan fingerprint density at radius 1 is 1.53 bits per heavy atom. The second-order valence-electron chi connectivity index (χ2n) is 4.72. The molecule has 1 amide bonds. The van der Waals surface area contributed by atoms with Gasteiger partial charge in [0.05, 0.1) is 10.3 Å². The Balaban J connectivity index is 2.33. The zero-order valence-electron chi connectivity index (χ0n) is 10.6. The van der Waals surface area contributed by atoms with Crippen LogP contribution >= 0.6 is 11.6 Å². The van der Waals surface area contributed by atoms with E-state index in [9.17, 15) is 14.9 Å². The second-order valence-corrected chi connectivity index (χ2v) is 5.34. The van der Waals surface area contributed by atoms with Crippen LogP contribution in [0, 0.1) is 17.0 Å². The molecule has 1 unspecified atom stereocenters. The fourth-order valence-electron chi connectivity index (χ4n) is 2.35. The van der Waals surface area contributed by atoms with Gasteiger partial charge in [-0.25, -0.2) is 0 Å². The molecule has 102 valence electrons. The first-order valence-electron chi connectivity index (χ1n) is 6.18. The monoisotopic (exact) mass is 282 g/mol. The predicted molar refractivity (Wildman–Crippen MR) is 72.6 cm³/mol. The largest absolute Gasteiger partial charge is 0.337 e. The van der Waals surface area contributed by atoms with Gasteiger partial charge in [0.25, 0.3) is 11.6 Å². The summed E-state index contributed by atoms with van der Waals surface area (Å²) in [6, 6.07) is 4.80. The molecule has 0 saturated carbocycles. The van der Waals surface area contributed by atoms with Crippen molar-refractivity contribution in [1.29, 1.82) is 0 Å². The minimum absolute atomic E-state index is 0.0680. The number of nitro benzene ring substituents is 1. The van der Waals surface area contributed by atoms with Crippen molar-refractivity contribution in [1.82, 2.24) is 4.90 Å². The van der Waals surface area contributed by atoms with Gasteiger partial charge >= 0.3 is 0 Å². The van der Waals surface area contributed by atoms with Crippen molar-refractivity contribution < 1.29 is 9.72 Å². The van der Waals surface area contributed by atoms with Gasteiger partial charge in [-0.1, -0.05) is 12.1 Å². The van der Waals surface area contributed by atoms with Crippen LogP contribution < -0.4 is 0 Å². The molecule has 5 nitrogen and oxygen atoms in total. The number of likely N-dealkylation sites (tertiary alicyclic amines) is 1. The van der Waals surface area contributed by atoms with E-state index in [2.05, 4.69) is 0 Å². The van der Waals surface area contributed by atoms with Crippen LogP contribution in [0.4, 0.5) is 5.69 Å². The molecule has 0 aromatic heterocycles. The van der Waals surface area contributed by atoms with Crippen LogP contribution in [0.15, 0.2) is 18.2 Å². The SMILES string of the molecule is Cc1cccc(C(=O)N2CCCC(Cl)C2)c1[N+](=O)[O-]. The Kier molecular flexibility index (Phi) is 4.04. The van der Waals surface area contributed by atoms with Gasteiger partial charge in [-0.15, -0.1) is 11.6 Å². The van der Waals surface area contributed by atoms with E-state index in [0.717, 1.165) is 12.8 Å². The van der Waals surface area contributed by atoms with Crippen LogP contribution in [-0.4, -0.2) is 34.2 Å². The summed E-state index contributed by atoms with van der Waals surface area (Å²) in [5.74, 6) is -0.305. The number of para-hydroxylation sites is 1. The van der Waals surface area contributed by atoms with Gasteiger partial charge in [0.1, 0.15) is 5.56 Å². The number of aryl methyl sites for hydroxylation is 1. The maximum atomic E-state index is 12.4. The molecule has 1 fully saturated rings. The summed E-state index contributed by atoms with van der Waals surface area (Å²) in [6.07, 6.45) is 1.71. The van der Waals surface area contributed by atoms with Crippen LogP contribution in [0.25, 0.3) is 0 Å². The molecule has 1 aliphatic rings. The summed E-state index contributed by atoms with van der Waals surface area (Å²) in [5.41, 5.74) is 0.537. The van der Waals surface area contributed by atoms with Gasteiger partial charge in [-0.3, -0.25) is 14.9 Å². The highest BCUT2D eigenvalue weighted by Gasteiger charge is 2.29. The topological polar surface area (TPSA) is 63.5 Å². The average molecular weight is 283 g/mol. The number of hydrogen-bond donors (Lipinski definition) is 0. The van der Waals surface area contributed by atoms with E-state index in [1.165, 1.54) is 6.07 Å². The number of nitro groups is 1. The molecule has 1 aromatic carbocycles. The van der Waals surface area contributed by atoms with Crippen molar-refractivity contribution in [3.63, 3.8) is 0 Å². The molecule has 1 aliphatic heterocycles. The minimum atomic E-state index is -0.495. The van der Waals surface area contributed by atoms with E-state index in [0.29, 0.717) is 18.7 Å². The van der Waals surface area contributed by atoms with Crippen molar-refractivity contribution in [2.24, 2.45) is 0 Å². The Morgan fingerprint density at radius 3 is 2.89 bits per heavy atom. The molecule has 19 heavy (non-hydrogen) atoms. The van der Waals surface area contributed by atoms with Crippen LogP contribution in [0.3, 0.4) is 0 Å². The van der Waals surface area contributed by atoms with E-state index in [1.807, 2.05) is 0 Å². The van der Waals surface area contributed by atoms with Gasteiger partial charge in [0.15, 0.2) is 0 Å². The lowest BCUT2D eigenvalue weighted by atomic mass is 10.0. The molecular formula is C13H15ClN2O3. The number of hydrogen-bond acceptors (Lipinski definition) is 3. The minimum Gasteiger partial charge on any atom is -0.337 e. The number of carbonyl (C=O) groups is 1. The lowest BCUT2D eigenvalue weighted by Gasteiger charge is -2.29. The van der Waals surface area contributed by atoms with E-state index < -0.39 is 4.92 Å². The van der Waals surface area contributed by atoms with Crippen molar-refractivity contribution in [2.75, 3.05) is 13.1 Å². The standard InChI is InChI=1S/C13H15ClN2O3/c1-9-4-2-6-11(12(9)16(18)19)13(17)15-7-3-5-10(14)8-15/h2,4,6,10H,3,5,7-8H2,1H3. The van der Waals surface area contributed by atoms with Gasteiger partial charge in [-0.2, -0.15) is 0 Å². The number of rotatable bonds is 2. The van der Waals surface area contributed by atoms with Gasteiger partial charge in [0.2, 0.25) is 0 Å². The Hall–Kier alpha value is -1.62. The fraction of sp³-hybridized carbons (Fsp3) is 0.462. The lowest BCUT2D eigenvalue weighted by Crippen LogP contribution is -2.40. The maximum absolute atomic E-state index is 12.4. The highest BCUT2D eigenvalue weighted by molar-refractivity contribution is 6.21. The summed E-state index contributed by atoms with van der Waals surface area (Å²) >= 11 is 6.05. The van der Waals surface area contributed by atoms with E-state index in [4.69, 9.17) is 11.6 Å². The van der Waals surface area contributed by atoms with Gasteiger partial charge in [0, 0.05) is 18.7 Å². The van der Waals surface area contributed by atoms with Crippen molar-refractivity contribution in [2.45, 2.75) is 25.1 Å². The molecule has 1 aromatic rings. The van der Waals surface area contributed by atoms with Crippen molar-refractivity contribution in [3.8, 4) is 0 Å². The first-order valence-corrected chi connectivity index (χ1v) is 6.61. The van der Waals surface area contributed by atoms with Crippen molar-refractivity contribution in [3.05, 3.63) is 39.4 Å². The summed E-state index contributed by atoms with van der Waals surface area (Å²) in [6.45, 7) is 2.69. The molecule has 6 heteroatoms. The van der Waals surface area contributed by atoms with Gasteiger partial charge < -0.3 is 4.90 Å². The predicted octanol–water partition coefficient (Wildman–Crippen LogP) is 2.75. The number of alkyl halides is 1. The Morgan fingerprint density at radius 2 is 2.26 bits per heavy atom. The molecular weight excluding hydrogens is 268 g/mol. The second kappa shape index (κ2) is 5.57. The third kappa shape index (κ3) is 2.87. The number of benzene rings is 1. The lowest BCUT2D eigenvalue weighted by molar-refractivity contribution is -0.385. The summed E-state index contributed by atoms with van der Waals surface area (Å²) < 4.78 is 0. The summed E-state index contributed by atoms with van der Waals surface area (Å²) in [5, 5.41) is 11.0. The average Bonchev–Trinajstić information content (AvgIpc) is 2.37. The van der Waals surface area contributed by atoms with Crippen LogP contribution in [0.5, 0.6) is 0 Å². The van der Waals surface area contributed by atoms with E-state index in [-0.39, 0.29) is 22.5 Å². The quantitative estimate of drug-likeness (QED) is 0.476. The van der Waals surface area contributed by atoms with Gasteiger partial charge in [-0.05, 0) is 25.8 Å². The molecule has 0 spiro atoms. The summed E-state index contributed by atoms with van der Waals surface area (Å²) in [4.78, 5) is 24.6. The highest BCUT2D eigenvalue weighted by Crippen LogP contribution is 2.26. The number of piperidine rings is 1. The van der Waals surface area contributed by atoms with Crippen molar-refractivity contribution >= 4 is 23.2 Å². The van der Waals surface area contributed by atoms with E-state index in [1.54, 1.807) is 24.0 Å². The number of carbonyl (C=O) groups excluding carboxylic acids is 1. The summed E-state index contributed by atoms with van der Waals surface area (Å²) in [7, 11) is 0. The molecule has 0 N–H and O–H groups in total. The van der Waals surface area contributed by atoms with Crippen LogP contribution in [0.1, 0.15) is 28.8 Å². The maximum Gasteiger partial charge on any atom is 0.285 e. The molecule has 0 radical (unpaired) electrons. The number of nitrogens with zero attached hydrogens (tertiary/aromatic N) is 2. The third-order valence-electron chi connectivity index (χ3n) is 3.30. The fourth-order valence-corrected chi connectivity index (χ4v) is 2.67. The molecule has 0 bridgehead atoms.